The number of benzene rings is 2. The van der Waals surface area contributed by atoms with Crippen molar-refractivity contribution >= 4 is 55.6 Å². The van der Waals surface area contributed by atoms with Crippen LogP contribution in [-0.4, -0.2) is 84.2 Å². The van der Waals surface area contributed by atoms with Crippen molar-refractivity contribution in [2.24, 2.45) is 11.3 Å². The van der Waals surface area contributed by atoms with Gasteiger partial charge in [0.1, 0.15) is 27.9 Å². The summed E-state index contributed by atoms with van der Waals surface area (Å²) in [6, 6.07) is 18.7. The number of amides is 1. The number of aromatic amines is 1. The number of carbonyl (C=O) groups excluding carboxylic acids is 1. The predicted octanol–water partition coefficient (Wildman–Crippen LogP) is 8.97. The van der Waals surface area contributed by atoms with Gasteiger partial charge in [0.25, 0.3) is 15.9 Å². The van der Waals surface area contributed by atoms with Gasteiger partial charge in [-0.05, 0) is 129 Å². The van der Waals surface area contributed by atoms with Crippen LogP contribution in [0.5, 0.6) is 11.5 Å². The Hall–Kier alpha value is -4.95. The predicted molar refractivity (Wildman–Crippen MR) is 242 cm³/mol. The molecule has 0 atom stereocenters. The quantitative estimate of drug-likeness (QED) is 0.0957. The first-order valence-electron chi connectivity index (χ1n) is 21.3. The maximum atomic E-state index is 13.9. The van der Waals surface area contributed by atoms with Crippen LogP contribution in [0, 0.1) is 18.3 Å². The van der Waals surface area contributed by atoms with E-state index in [1.54, 1.807) is 25.4 Å². The van der Waals surface area contributed by atoms with E-state index in [0.29, 0.717) is 35.2 Å². The number of anilines is 2. The molecule has 4 N–H and O–H groups in total. The van der Waals surface area contributed by atoms with Gasteiger partial charge in [-0.3, -0.25) is 9.69 Å². The molecule has 0 bridgehead atoms. The summed E-state index contributed by atoms with van der Waals surface area (Å²) in [5.74, 6) is 0.776. The molecule has 0 unspecified atom stereocenters. The van der Waals surface area contributed by atoms with Crippen LogP contribution in [0.15, 0.2) is 89.7 Å². The minimum Gasteiger partial charge on any atom is -0.455 e. The third kappa shape index (κ3) is 10.2. The van der Waals surface area contributed by atoms with Gasteiger partial charge in [-0.1, -0.05) is 43.2 Å². The zero-order valence-corrected chi connectivity index (χ0v) is 37.0. The molecule has 1 amide bonds. The van der Waals surface area contributed by atoms with Gasteiger partial charge in [0.15, 0.2) is 0 Å². The molecule has 1 saturated heterocycles. The van der Waals surface area contributed by atoms with Crippen LogP contribution >= 0.6 is 11.6 Å². The zero-order valence-electron chi connectivity index (χ0n) is 35.4. The van der Waals surface area contributed by atoms with Crippen molar-refractivity contribution in [2.45, 2.75) is 83.1 Å². The van der Waals surface area contributed by atoms with Gasteiger partial charge in [0, 0.05) is 73.8 Å². The number of fused-ring (bicyclic) bond motifs is 1. The number of rotatable bonds is 12. The Labute approximate surface area is 363 Å². The molecule has 322 valence electrons. The van der Waals surface area contributed by atoms with E-state index in [-0.39, 0.29) is 21.6 Å². The molecule has 14 heteroatoms. The fraction of sp³-hybridized carbons (Fsp3) is 0.426. The molecule has 2 aromatic carbocycles. The summed E-state index contributed by atoms with van der Waals surface area (Å²) in [7, 11) is -4.30. The van der Waals surface area contributed by atoms with Crippen molar-refractivity contribution in [1.29, 1.82) is 0 Å². The summed E-state index contributed by atoms with van der Waals surface area (Å²) in [5, 5.41) is 15.2. The van der Waals surface area contributed by atoms with Crippen molar-refractivity contribution in [3.05, 3.63) is 107 Å². The maximum Gasteiger partial charge on any atom is 0.268 e. The van der Waals surface area contributed by atoms with Gasteiger partial charge in [0.2, 0.25) is 0 Å². The minimum atomic E-state index is -4.30. The lowest BCUT2D eigenvalue weighted by atomic mass is 9.72. The highest BCUT2D eigenvalue weighted by atomic mass is 35.5. The fourth-order valence-electron chi connectivity index (χ4n) is 8.84. The first-order chi connectivity index (χ1) is 29.1. The molecule has 4 heterocycles. The SMILES string of the molecule is Cc1cc(S(=O)(=O)NC(=O)c2ccc(N3CCN(CC4=C(c5ccc(Cl)cc5)CC(C)(C)CC4)CC3)cc2Oc2cnc3[nH]ccc3c2)cnc1NCC1CCC(C)(O)CC1. The zero-order chi connectivity index (χ0) is 42.9. The Morgan fingerprint density at radius 1 is 0.967 bits per heavy atom. The number of nitrogens with zero attached hydrogens (tertiary/aromatic N) is 4. The normalized spacial score (nSPS) is 21.1. The first-order valence-corrected chi connectivity index (χ1v) is 23.2. The number of nitrogens with one attached hydrogen (secondary N) is 3. The second-order valence-corrected chi connectivity index (χ2v) is 20.3. The standard InChI is InChI=1S/C47H56ClN7O5S/c1-31-23-39(29-52-43(31)50-27-32-11-16-47(4,57)17-12-32)61(58,59)53-45(56)40-10-9-37(25-42(40)60-38-24-34-14-18-49-44(34)51-28-38)55-21-19-54(20-22-55)30-35-13-15-46(2,3)26-41(35)33-5-7-36(48)8-6-33/h5-10,14,18,23-25,28-29,32,57H,11-13,15-17,19-22,26-27,30H2,1-4H3,(H,49,51)(H,50,52)(H,53,56). The number of aliphatic hydroxyl groups is 1. The molecule has 1 saturated carbocycles. The summed E-state index contributed by atoms with van der Waals surface area (Å²) in [5.41, 5.74) is 6.08. The Kier molecular flexibility index (Phi) is 12.2. The van der Waals surface area contributed by atoms with E-state index in [9.17, 15) is 18.3 Å². The van der Waals surface area contributed by atoms with Crippen molar-refractivity contribution in [1.82, 2.24) is 24.6 Å². The smallest absolute Gasteiger partial charge is 0.268 e. The van der Waals surface area contributed by atoms with Crippen LogP contribution in [0.3, 0.4) is 0 Å². The highest BCUT2D eigenvalue weighted by Gasteiger charge is 2.31. The Morgan fingerprint density at radius 2 is 1.72 bits per heavy atom. The lowest BCUT2D eigenvalue weighted by molar-refractivity contribution is 0.00975. The lowest BCUT2D eigenvalue weighted by Gasteiger charge is -2.39. The van der Waals surface area contributed by atoms with E-state index in [2.05, 4.69) is 60.8 Å². The van der Waals surface area contributed by atoms with E-state index in [1.807, 2.05) is 43.3 Å². The average molecular weight is 867 g/mol. The summed E-state index contributed by atoms with van der Waals surface area (Å²) in [6.45, 7) is 13.2. The molecule has 12 nitrogen and oxygen atoms in total. The second kappa shape index (κ2) is 17.4. The Bertz CT molecular complexity index is 2540. The van der Waals surface area contributed by atoms with E-state index in [0.717, 1.165) is 93.8 Å². The van der Waals surface area contributed by atoms with E-state index in [4.69, 9.17) is 16.3 Å². The molecule has 61 heavy (non-hydrogen) atoms. The van der Waals surface area contributed by atoms with Crippen molar-refractivity contribution in [3.63, 3.8) is 0 Å². The van der Waals surface area contributed by atoms with E-state index < -0.39 is 21.5 Å². The van der Waals surface area contributed by atoms with Crippen LogP contribution in [0.4, 0.5) is 11.5 Å². The van der Waals surface area contributed by atoms with Crippen molar-refractivity contribution in [3.8, 4) is 11.5 Å². The molecular formula is C47H56ClN7O5S. The number of aryl methyl sites for hydroxylation is 1. The third-order valence-corrected chi connectivity index (χ3v) is 14.2. The second-order valence-electron chi connectivity index (χ2n) is 18.2. The molecule has 2 aliphatic carbocycles. The highest BCUT2D eigenvalue weighted by Crippen LogP contribution is 2.43. The van der Waals surface area contributed by atoms with Crippen LogP contribution in [0.1, 0.15) is 87.2 Å². The number of sulfonamides is 1. The molecule has 8 rings (SSSR count). The number of H-pyrrole nitrogens is 1. The molecule has 5 aromatic rings. The Morgan fingerprint density at radius 3 is 2.46 bits per heavy atom. The number of ether oxygens (including phenoxy) is 1. The van der Waals surface area contributed by atoms with Gasteiger partial charge in [-0.15, -0.1) is 0 Å². The van der Waals surface area contributed by atoms with Gasteiger partial charge in [0.05, 0.1) is 17.4 Å². The van der Waals surface area contributed by atoms with Crippen molar-refractivity contribution < 1.29 is 23.1 Å². The van der Waals surface area contributed by atoms with E-state index >= 15 is 0 Å². The lowest BCUT2D eigenvalue weighted by Crippen LogP contribution is -2.47. The summed E-state index contributed by atoms with van der Waals surface area (Å²) in [4.78, 5) is 30.5. The molecule has 1 aliphatic heterocycles. The molecule has 0 radical (unpaired) electrons. The molecule has 3 aliphatic rings. The average Bonchev–Trinajstić information content (AvgIpc) is 3.70. The highest BCUT2D eigenvalue weighted by molar-refractivity contribution is 7.90. The molecule has 3 aromatic heterocycles. The maximum absolute atomic E-state index is 13.9. The van der Waals surface area contributed by atoms with Crippen LogP contribution in [0.25, 0.3) is 16.6 Å². The monoisotopic (exact) mass is 865 g/mol. The summed E-state index contributed by atoms with van der Waals surface area (Å²) >= 11 is 6.25. The number of carbonyl (C=O) groups is 1. The molecular weight excluding hydrogens is 810 g/mol. The van der Waals surface area contributed by atoms with Crippen LogP contribution in [0.2, 0.25) is 5.02 Å². The van der Waals surface area contributed by atoms with Gasteiger partial charge in [-0.25, -0.2) is 23.1 Å². The molecule has 2 fully saturated rings. The van der Waals surface area contributed by atoms with E-state index in [1.165, 1.54) is 29.0 Å². The number of halogens is 1. The number of hydrogen-bond acceptors (Lipinski definition) is 10. The third-order valence-electron chi connectivity index (χ3n) is 12.7. The minimum absolute atomic E-state index is 0.0662. The first kappa shape index (κ1) is 42.7. The van der Waals surface area contributed by atoms with Gasteiger partial charge in [-0.2, -0.15) is 0 Å². The number of pyridine rings is 2. The number of piperazine rings is 1. The van der Waals surface area contributed by atoms with Crippen molar-refractivity contribution in [2.75, 3.05) is 49.5 Å². The topological polar surface area (TPSA) is 153 Å². The van der Waals surface area contributed by atoms with Crippen LogP contribution < -0.4 is 19.7 Å². The Balaban J connectivity index is 0.974. The largest absolute Gasteiger partial charge is 0.455 e. The van der Waals surface area contributed by atoms with Gasteiger partial charge >= 0.3 is 0 Å². The number of allylic oxidation sites excluding steroid dienone is 1. The summed E-state index contributed by atoms with van der Waals surface area (Å²) in [6.07, 6.45) is 11.2. The number of aromatic nitrogens is 3. The van der Waals surface area contributed by atoms with Crippen LogP contribution in [-0.2, 0) is 10.0 Å². The van der Waals surface area contributed by atoms with Gasteiger partial charge < -0.3 is 25.0 Å². The summed E-state index contributed by atoms with van der Waals surface area (Å²) < 4.78 is 36.0. The fourth-order valence-corrected chi connectivity index (χ4v) is 9.96. The molecule has 0 spiro atoms. The number of hydrogen-bond donors (Lipinski definition) is 4.